The molecule has 0 spiro atoms. The van der Waals surface area contributed by atoms with Gasteiger partial charge in [-0.1, -0.05) is 29.8 Å². The van der Waals surface area contributed by atoms with Crippen molar-refractivity contribution in [2.75, 3.05) is 13.6 Å². The molecule has 3 nitrogen and oxygen atoms in total. The number of aromatic nitrogens is 1. The minimum atomic E-state index is 0.252. The molecule has 0 aliphatic carbocycles. The molecule has 0 saturated heterocycles. The van der Waals surface area contributed by atoms with Gasteiger partial charge in [0.15, 0.2) is 0 Å². The standard InChI is InChI=1S/C15H21N3S/c1-11-4-6-13(7-5-11)14(8-16)18(3)9-15-12(2)17-10-19-15/h4-7,10,14H,8-9,16H2,1-3H3. The van der Waals surface area contributed by atoms with Crippen LogP contribution in [-0.4, -0.2) is 23.5 Å². The molecule has 19 heavy (non-hydrogen) atoms. The monoisotopic (exact) mass is 275 g/mol. The van der Waals surface area contributed by atoms with Gasteiger partial charge in [-0.05, 0) is 26.5 Å². The van der Waals surface area contributed by atoms with Gasteiger partial charge in [-0.15, -0.1) is 11.3 Å². The highest BCUT2D eigenvalue weighted by Gasteiger charge is 2.16. The highest BCUT2D eigenvalue weighted by atomic mass is 32.1. The molecule has 2 rings (SSSR count). The van der Waals surface area contributed by atoms with Crippen LogP contribution in [0.1, 0.15) is 27.7 Å². The third-order valence-electron chi connectivity index (χ3n) is 3.46. The van der Waals surface area contributed by atoms with E-state index in [1.807, 2.05) is 5.51 Å². The molecule has 1 aromatic heterocycles. The maximum absolute atomic E-state index is 5.96. The molecule has 1 atom stereocenters. The molecule has 0 amide bonds. The van der Waals surface area contributed by atoms with E-state index in [0.29, 0.717) is 6.54 Å². The Kier molecular flexibility index (Phi) is 4.69. The van der Waals surface area contributed by atoms with Crippen molar-refractivity contribution in [3.63, 3.8) is 0 Å². The summed E-state index contributed by atoms with van der Waals surface area (Å²) in [6.07, 6.45) is 0. The third kappa shape index (κ3) is 3.41. The van der Waals surface area contributed by atoms with Crippen molar-refractivity contribution in [3.8, 4) is 0 Å². The summed E-state index contributed by atoms with van der Waals surface area (Å²) in [4.78, 5) is 7.91. The van der Waals surface area contributed by atoms with Crippen LogP contribution in [0.5, 0.6) is 0 Å². The second-order valence-electron chi connectivity index (χ2n) is 4.94. The van der Waals surface area contributed by atoms with Crippen LogP contribution in [0.25, 0.3) is 0 Å². The first-order chi connectivity index (χ1) is 9.11. The lowest BCUT2D eigenvalue weighted by atomic mass is 10.0. The number of hydrogen-bond acceptors (Lipinski definition) is 4. The molecule has 0 bridgehead atoms. The largest absolute Gasteiger partial charge is 0.329 e. The number of nitrogens with zero attached hydrogens (tertiary/aromatic N) is 2. The van der Waals surface area contributed by atoms with Crippen LogP contribution in [0.4, 0.5) is 0 Å². The molecule has 0 aliphatic heterocycles. The molecule has 0 radical (unpaired) electrons. The molecule has 4 heteroatoms. The summed E-state index contributed by atoms with van der Waals surface area (Å²) in [7, 11) is 2.12. The fourth-order valence-corrected chi connectivity index (χ4v) is 3.01. The summed E-state index contributed by atoms with van der Waals surface area (Å²) in [5.41, 5.74) is 11.5. The fraction of sp³-hybridized carbons (Fsp3) is 0.400. The number of hydrogen-bond donors (Lipinski definition) is 1. The van der Waals surface area contributed by atoms with Crippen molar-refractivity contribution in [1.82, 2.24) is 9.88 Å². The van der Waals surface area contributed by atoms with Gasteiger partial charge in [0.25, 0.3) is 0 Å². The van der Waals surface area contributed by atoms with E-state index < -0.39 is 0 Å². The van der Waals surface area contributed by atoms with Crippen molar-refractivity contribution in [1.29, 1.82) is 0 Å². The fourth-order valence-electron chi connectivity index (χ4n) is 2.17. The lowest BCUT2D eigenvalue weighted by Crippen LogP contribution is -2.30. The summed E-state index contributed by atoms with van der Waals surface area (Å²) in [5, 5.41) is 0. The van der Waals surface area contributed by atoms with Crippen molar-refractivity contribution in [2.45, 2.75) is 26.4 Å². The first-order valence-electron chi connectivity index (χ1n) is 6.47. The second-order valence-corrected chi connectivity index (χ2v) is 5.88. The van der Waals surface area contributed by atoms with Gasteiger partial charge in [-0.2, -0.15) is 0 Å². The van der Waals surface area contributed by atoms with Crippen LogP contribution in [0.2, 0.25) is 0 Å². The van der Waals surface area contributed by atoms with Gasteiger partial charge >= 0.3 is 0 Å². The van der Waals surface area contributed by atoms with Gasteiger partial charge in [0.1, 0.15) is 0 Å². The van der Waals surface area contributed by atoms with E-state index >= 15 is 0 Å². The van der Waals surface area contributed by atoms with Gasteiger partial charge < -0.3 is 5.73 Å². The summed E-state index contributed by atoms with van der Waals surface area (Å²) in [5.74, 6) is 0. The van der Waals surface area contributed by atoms with Gasteiger partial charge in [-0.25, -0.2) is 4.98 Å². The molecule has 2 N–H and O–H groups in total. The minimum absolute atomic E-state index is 0.252. The minimum Gasteiger partial charge on any atom is -0.329 e. The molecule has 0 saturated carbocycles. The van der Waals surface area contributed by atoms with Crippen molar-refractivity contribution < 1.29 is 0 Å². The average molecular weight is 275 g/mol. The van der Waals surface area contributed by atoms with E-state index in [1.54, 1.807) is 11.3 Å². The lowest BCUT2D eigenvalue weighted by Gasteiger charge is -2.27. The van der Waals surface area contributed by atoms with Crippen molar-refractivity contribution in [2.24, 2.45) is 5.73 Å². The zero-order chi connectivity index (χ0) is 13.8. The van der Waals surface area contributed by atoms with Crippen LogP contribution >= 0.6 is 11.3 Å². The van der Waals surface area contributed by atoms with Gasteiger partial charge in [-0.3, -0.25) is 4.90 Å². The van der Waals surface area contributed by atoms with Crippen LogP contribution < -0.4 is 5.73 Å². The van der Waals surface area contributed by atoms with Gasteiger partial charge in [0.05, 0.1) is 11.2 Å². The average Bonchev–Trinajstić information content (AvgIpc) is 2.78. The van der Waals surface area contributed by atoms with Crippen LogP contribution in [-0.2, 0) is 6.54 Å². The number of likely N-dealkylation sites (N-methyl/N-ethyl adjacent to an activating group) is 1. The third-order valence-corrected chi connectivity index (χ3v) is 4.38. The summed E-state index contributed by atoms with van der Waals surface area (Å²) in [6, 6.07) is 8.88. The Morgan fingerprint density at radius 2 is 1.95 bits per heavy atom. The Bertz CT molecular complexity index is 518. The maximum atomic E-state index is 5.96. The van der Waals surface area contributed by atoms with Gasteiger partial charge in [0, 0.05) is 24.0 Å². The number of aryl methyl sites for hydroxylation is 2. The van der Waals surface area contributed by atoms with E-state index in [0.717, 1.165) is 12.2 Å². The zero-order valence-electron chi connectivity index (χ0n) is 11.8. The maximum Gasteiger partial charge on any atom is 0.0798 e. The number of rotatable bonds is 5. The van der Waals surface area contributed by atoms with Crippen LogP contribution in [0, 0.1) is 13.8 Å². The van der Waals surface area contributed by atoms with E-state index in [1.165, 1.54) is 16.0 Å². The number of benzene rings is 1. The molecule has 2 aromatic rings. The molecule has 1 unspecified atom stereocenters. The Hall–Kier alpha value is -1.23. The highest BCUT2D eigenvalue weighted by Crippen LogP contribution is 2.23. The zero-order valence-corrected chi connectivity index (χ0v) is 12.6. The number of thiazole rings is 1. The summed E-state index contributed by atoms with van der Waals surface area (Å²) >= 11 is 1.71. The van der Waals surface area contributed by atoms with Crippen molar-refractivity contribution >= 4 is 11.3 Å². The predicted octanol–water partition coefficient (Wildman–Crippen LogP) is 2.89. The smallest absolute Gasteiger partial charge is 0.0798 e. The van der Waals surface area contributed by atoms with Crippen LogP contribution in [0.3, 0.4) is 0 Å². The molecular formula is C15H21N3S. The Labute approximate surface area is 119 Å². The Morgan fingerprint density at radius 1 is 1.26 bits per heavy atom. The first-order valence-corrected chi connectivity index (χ1v) is 7.35. The molecule has 1 heterocycles. The summed E-state index contributed by atoms with van der Waals surface area (Å²) in [6.45, 7) is 5.68. The Morgan fingerprint density at radius 3 is 2.47 bits per heavy atom. The SMILES string of the molecule is Cc1ccc(C(CN)N(C)Cc2scnc2C)cc1. The molecular weight excluding hydrogens is 254 g/mol. The number of nitrogens with two attached hydrogens (primary N) is 1. The van der Waals surface area contributed by atoms with E-state index in [4.69, 9.17) is 5.73 Å². The van der Waals surface area contributed by atoms with E-state index in [9.17, 15) is 0 Å². The Balaban J connectivity index is 2.13. The summed E-state index contributed by atoms with van der Waals surface area (Å²) < 4.78 is 0. The first kappa shape index (κ1) is 14.2. The lowest BCUT2D eigenvalue weighted by molar-refractivity contribution is 0.243. The van der Waals surface area contributed by atoms with Gasteiger partial charge in [0.2, 0.25) is 0 Å². The normalized spacial score (nSPS) is 12.9. The topological polar surface area (TPSA) is 42.1 Å². The predicted molar refractivity (Wildman–Crippen MR) is 81.3 cm³/mol. The molecule has 0 fully saturated rings. The van der Waals surface area contributed by atoms with Crippen LogP contribution in [0.15, 0.2) is 29.8 Å². The molecule has 1 aromatic carbocycles. The quantitative estimate of drug-likeness (QED) is 0.912. The molecule has 0 aliphatic rings. The molecule has 102 valence electrons. The second kappa shape index (κ2) is 6.28. The van der Waals surface area contributed by atoms with E-state index in [-0.39, 0.29) is 6.04 Å². The van der Waals surface area contributed by atoms with Crippen molar-refractivity contribution in [3.05, 3.63) is 51.5 Å². The van der Waals surface area contributed by atoms with E-state index in [2.05, 4.69) is 55.0 Å². The highest BCUT2D eigenvalue weighted by molar-refractivity contribution is 7.09.